The summed E-state index contributed by atoms with van der Waals surface area (Å²) in [7, 11) is 0. The fourth-order valence-electron chi connectivity index (χ4n) is 4.33. The second kappa shape index (κ2) is 11.5. The molecule has 2 amide bonds. The summed E-state index contributed by atoms with van der Waals surface area (Å²) >= 11 is 0. The Morgan fingerprint density at radius 2 is 1.61 bits per heavy atom. The van der Waals surface area contributed by atoms with Gasteiger partial charge in [0.05, 0.1) is 0 Å². The van der Waals surface area contributed by atoms with Crippen molar-refractivity contribution in [3.05, 3.63) is 59.7 Å². The average molecular weight is 453 g/mol. The Morgan fingerprint density at radius 3 is 2.18 bits per heavy atom. The van der Waals surface area contributed by atoms with Crippen molar-refractivity contribution in [2.24, 2.45) is 5.92 Å². The Hall–Kier alpha value is -3.35. The summed E-state index contributed by atoms with van der Waals surface area (Å²) in [6, 6.07) is 16.0. The third-order valence-corrected chi connectivity index (χ3v) is 5.91. The minimum Gasteiger partial charge on any atom is -0.481 e. The van der Waals surface area contributed by atoms with E-state index in [0.717, 1.165) is 17.5 Å². The van der Waals surface area contributed by atoms with E-state index in [1.807, 2.05) is 31.2 Å². The number of hydrogen-bond donors (Lipinski definition) is 3. The van der Waals surface area contributed by atoms with E-state index in [2.05, 4.69) is 34.9 Å². The molecule has 0 spiro atoms. The zero-order chi connectivity index (χ0) is 23.8. The van der Waals surface area contributed by atoms with Crippen LogP contribution in [0.15, 0.2) is 48.5 Å². The summed E-state index contributed by atoms with van der Waals surface area (Å²) in [6.07, 6.45) is 1.02. The highest BCUT2D eigenvalue weighted by molar-refractivity contribution is 5.79. The molecule has 0 bridgehead atoms. The molecular formula is C26H32N2O5. The molecule has 0 heterocycles. The predicted molar refractivity (Wildman–Crippen MR) is 126 cm³/mol. The third kappa shape index (κ3) is 6.57. The van der Waals surface area contributed by atoms with Crippen LogP contribution in [-0.4, -0.2) is 42.3 Å². The largest absolute Gasteiger partial charge is 0.481 e. The van der Waals surface area contributed by atoms with E-state index >= 15 is 0 Å². The van der Waals surface area contributed by atoms with Gasteiger partial charge in [0.15, 0.2) is 0 Å². The zero-order valence-corrected chi connectivity index (χ0v) is 19.2. The van der Waals surface area contributed by atoms with Gasteiger partial charge in [0.2, 0.25) is 5.91 Å². The number of carbonyl (C=O) groups is 3. The lowest BCUT2D eigenvalue weighted by molar-refractivity contribution is -0.138. The van der Waals surface area contributed by atoms with Gasteiger partial charge in [-0.05, 0) is 34.6 Å². The van der Waals surface area contributed by atoms with Crippen molar-refractivity contribution in [3.8, 4) is 11.1 Å². The number of rotatable bonds is 11. The van der Waals surface area contributed by atoms with Crippen LogP contribution in [0.3, 0.4) is 0 Å². The summed E-state index contributed by atoms with van der Waals surface area (Å²) < 4.78 is 5.59. The van der Waals surface area contributed by atoms with Crippen molar-refractivity contribution in [3.63, 3.8) is 0 Å². The molecular weight excluding hydrogens is 420 g/mol. The Bertz CT molecular complexity index is 945. The molecule has 0 aliphatic heterocycles. The van der Waals surface area contributed by atoms with E-state index in [1.54, 1.807) is 6.92 Å². The summed E-state index contributed by atoms with van der Waals surface area (Å²) in [5.74, 6) is -1.29. The summed E-state index contributed by atoms with van der Waals surface area (Å²) in [6.45, 7) is 4.26. The number of carbonyl (C=O) groups excluding carboxylic acids is 2. The van der Waals surface area contributed by atoms with Crippen LogP contribution in [0.5, 0.6) is 0 Å². The van der Waals surface area contributed by atoms with Crippen molar-refractivity contribution in [2.75, 3.05) is 13.2 Å². The second-order valence-corrected chi connectivity index (χ2v) is 8.67. The normalized spacial score (nSPS) is 14.0. The highest BCUT2D eigenvalue weighted by atomic mass is 16.5. The van der Waals surface area contributed by atoms with Gasteiger partial charge in [0.1, 0.15) is 6.61 Å². The number of ether oxygens (including phenoxy) is 1. The quantitative estimate of drug-likeness (QED) is 0.471. The van der Waals surface area contributed by atoms with Gasteiger partial charge in [-0.2, -0.15) is 0 Å². The number of aliphatic carboxylic acids is 1. The van der Waals surface area contributed by atoms with Crippen molar-refractivity contribution in [1.29, 1.82) is 0 Å². The van der Waals surface area contributed by atoms with Crippen LogP contribution >= 0.6 is 0 Å². The Kier molecular flexibility index (Phi) is 8.46. The van der Waals surface area contributed by atoms with Gasteiger partial charge in [-0.25, -0.2) is 4.79 Å². The van der Waals surface area contributed by atoms with Gasteiger partial charge in [-0.1, -0.05) is 68.8 Å². The molecule has 7 nitrogen and oxygen atoms in total. The van der Waals surface area contributed by atoms with Gasteiger partial charge in [-0.15, -0.1) is 0 Å². The minimum atomic E-state index is -0.891. The molecule has 1 aliphatic carbocycles. The van der Waals surface area contributed by atoms with E-state index in [9.17, 15) is 14.4 Å². The molecule has 0 saturated heterocycles. The third-order valence-electron chi connectivity index (χ3n) is 5.91. The number of carboxylic acid groups (broad SMARTS) is 1. The lowest BCUT2D eigenvalue weighted by Gasteiger charge is -2.20. The van der Waals surface area contributed by atoms with Crippen LogP contribution in [0, 0.1) is 5.92 Å². The first-order chi connectivity index (χ1) is 15.9. The number of nitrogens with one attached hydrogen (secondary N) is 2. The maximum Gasteiger partial charge on any atom is 0.407 e. The minimum absolute atomic E-state index is 0.00331. The molecule has 2 atom stereocenters. The topological polar surface area (TPSA) is 105 Å². The van der Waals surface area contributed by atoms with E-state index < -0.39 is 12.1 Å². The molecule has 0 aromatic heterocycles. The number of benzene rings is 2. The molecule has 176 valence electrons. The van der Waals surface area contributed by atoms with Crippen molar-refractivity contribution < 1.29 is 24.2 Å². The molecule has 3 N–H and O–H groups in total. The zero-order valence-electron chi connectivity index (χ0n) is 19.2. The van der Waals surface area contributed by atoms with Crippen molar-refractivity contribution in [1.82, 2.24) is 10.6 Å². The van der Waals surface area contributed by atoms with Crippen LogP contribution in [0.25, 0.3) is 11.1 Å². The van der Waals surface area contributed by atoms with Crippen molar-refractivity contribution in [2.45, 2.75) is 51.5 Å². The van der Waals surface area contributed by atoms with Crippen molar-refractivity contribution >= 4 is 18.0 Å². The number of fused-ring (bicyclic) bond motifs is 3. The molecule has 7 heteroatoms. The first-order valence-corrected chi connectivity index (χ1v) is 11.5. The first kappa shape index (κ1) is 24.3. The Balaban J connectivity index is 1.53. The SMILES string of the molecule is CCC[C@H](CC(=O)NCC(C)CC(=O)O)NC(=O)OCC1c2ccccc2-c2ccccc21. The van der Waals surface area contributed by atoms with Gasteiger partial charge in [-0.3, -0.25) is 9.59 Å². The highest BCUT2D eigenvalue weighted by Crippen LogP contribution is 2.44. The van der Waals surface area contributed by atoms with E-state index in [0.29, 0.717) is 6.42 Å². The number of amides is 2. The van der Waals surface area contributed by atoms with E-state index in [4.69, 9.17) is 9.84 Å². The average Bonchev–Trinajstić information content (AvgIpc) is 3.10. The lowest BCUT2D eigenvalue weighted by atomic mass is 9.98. The van der Waals surface area contributed by atoms with Gasteiger partial charge in [0.25, 0.3) is 0 Å². The van der Waals surface area contributed by atoms with Crippen LogP contribution in [0.2, 0.25) is 0 Å². The number of alkyl carbamates (subject to hydrolysis) is 1. The van der Waals surface area contributed by atoms with Gasteiger partial charge >= 0.3 is 12.1 Å². The molecule has 0 saturated carbocycles. The first-order valence-electron chi connectivity index (χ1n) is 11.5. The highest BCUT2D eigenvalue weighted by Gasteiger charge is 2.29. The van der Waals surface area contributed by atoms with Crippen LogP contribution in [0.1, 0.15) is 56.6 Å². The predicted octanol–water partition coefficient (Wildman–Crippen LogP) is 4.31. The molecule has 0 fully saturated rings. The monoisotopic (exact) mass is 452 g/mol. The van der Waals surface area contributed by atoms with Gasteiger partial charge in [0, 0.05) is 31.3 Å². The molecule has 33 heavy (non-hydrogen) atoms. The number of carboxylic acids is 1. The summed E-state index contributed by atoms with van der Waals surface area (Å²) in [5, 5.41) is 14.4. The number of hydrogen-bond acceptors (Lipinski definition) is 4. The van der Waals surface area contributed by atoms with E-state index in [1.165, 1.54) is 11.1 Å². The standard InChI is InChI=1S/C26H32N2O5/c1-3-8-18(14-24(29)27-15-17(2)13-25(30)31)28-26(32)33-16-23-21-11-6-4-9-19(21)20-10-5-7-12-22(20)23/h4-7,9-12,17-18,23H,3,8,13-16H2,1-2H3,(H,27,29)(H,28,32)(H,30,31)/t17?,18-/m1/s1. The Morgan fingerprint density at radius 1 is 1.00 bits per heavy atom. The summed E-state index contributed by atoms with van der Waals surface area (Å²) in [4.78, 5) is 35.6. The molecule has 2 aromatic carbocycles. The Labute approximate surface area is 194 Å². The maximum atomic E-state index is 12.5. The lowest BCUT2D eigenvalue weighted by Crippen LogP contribution is -2.40. The molecule has 3 rings (SSSR count). The summed E-state index contributed by atoms with van der Waals surface area (Å²) in [5.41, 5.74) is 4.62. The molecule has 0 radical (unpaired) electrons. The van der Waals surface area contributed by atoms with Crippen LogP contribution in [0.4, 0.5) is 4.79 Å². The molecule has 1 unspecified atom stereocenters. The van der Waals surface area contributed by atoms with E-state index in [-0.39, 0.29) is 49.8 Å². The fourth-order valence-corrected chi connectivity index (χ4v) is 4.33. The van der Waals surface area contributed by atoms with Crippen LogP contribution < -0.4 is 10.6 Å². The maximum absolute atomic E-state index is 12.5. The second-order valence-electron chi connectivity index (χ2n) is 8.67. The molecule has 2 aromatic rings. The fraction of sp³-hybridized carbons (Fsp3) is 0.423. The molecule has 1 aliphatic rings. The smallest absolute Gasteiger partial charge is 0.407 e. The van der Waals surface area contributed by atoms with Gasteiger partial charge < -0.3 is 20.5 Å². The van der Waals surface area contributed by atoms with Crippen LogP contribution in [-0.2, 0) is 14.3 Å².